The van der Waals surface area contributed by atoms with Crippen molar-refractivity contribution in [3.8, 4) is 0 Å². The molecule has 0 aliphatic heterocycles. The molecule has 1 aliphatic rings. The van der Waals surface area contributed by atoms with E-state index in [-0.39, 0.29) is 17.9 Å². The van der Waals surface area contributed by atoms with Crippen LogP contribution >= 0.6 is 0 Å². The highest BCUT2D eigenvalue weighted by molar-refractivity contribution is 5.77. The molecule has 0 bridgehead atoms. The summed E-state index contributed by atoms with van der Waals surface area (Å²) >= 11 is 0. The zero-order valence-electron chi connectivity index (χ0n) is 9.60. The summed E-state index contributed by atoms with van der Waals surface area (Å²) in [7, 11) is 3.04. The van der Waals surface area contributed by atoms with Gasteiger partial charge in [-0.15, -0.1) is 0 Å². The molecule has 92 valence electrons. The second kappa shape index (κ2) is 5.69. The molecule has 0 aromatic heterocycles. The molecule has 0 aromatic rings. The Bertz CT molecular complexity index is 262. The number of rotatable bonds is 3. The van der Waals surface area contributed by atoms with E-state index in [1.807, 2.05) is 0 Å². The van der Waals surface area contributed by atoms with Gasteiger partial charge in [0.05, 0.1) is 7.11 Å². The van der Waals surface area contributed by atoms with Crippen molar-refractivity contribution in [2.24, 2.45) is 5.92 Å². The maximum atomic E-state index is 11.7. The molecular weight excluding hydrogens is 212 g/mol. The topological polar surface area (TPSA) is 78.9 Å². The summed E-state index contributed by atoms with van der Waals surface area (Å²) in [4.78, 5) is 27.0. The van der Waals surface area contributed by atoms with Crippen LogP contribution in [0.15, 0.2) is 0 Å². The molecule has 1 rings (SSSR count). The van der Waals surface area contributed by atoms with Gasteiger partial charge in [-0.3, -0.25) is 9.63 Å². The van der Waals surface area contributed by atoms with Crippen molar-refractivity contribution in [2.75, 3.05) is 14.2 Å². The number of hydroxylamine groups is 2. The van der Waals surface area contributed by atoms with Crippen LogP contribution in [0.2, 0.25) is 0 Å². The number of hydrogen-bond donors (Lipinski definition) is 2. The van der Waals surface area contributed by atoms with E-state index < -0.39 is 6.09 Å². The van der Waals surface area contributed by atoms with Gasteiger partial charge in [0.25, 0.3) is 0 Å². The van der Waals surface area contributed by atoms with Gasteiger partial charge in [0.2, 0.25) is 5.91 Å². The highest BCUT2D eigenvalue weighted by Gasteiger charge is 2.28. The molecule has 6 heteroatoms. The summed E-state index contributed by atoms with van der Waals surface area (Å²) in [6.07, 6.45) is 1.83. The maximum Gasteiger partial charge on any atom is 0.404 e. The van der Waals surface area contributed by atoms with E-state index >= 15 is 0 Å². The van der Waals surface area contributed by atoms with E-state index in [1.54, 1.807) is 7.05 Å². The molecule has 16 heavy (non-hydrogen) atoms. The van der Waals surface area contributed by atoms with Crippen molar-refractivity contribution >= 4 is 12.0 Å². The number of nitrogens with one attached hydrogen (secondary N) is 1. The Kier molecular flexibility index (Phi) is 4.54. The van der Waals surface area contributed by atoms with Crippen LogP contribution in [0.4, 0.5) is 4.79 Å². The van der Waals surface area contributed by atoms with Gasteiger partial charge < -0.3 is 10.4 Å². The molecule has 0 aromatic carbocycles. The summed E-state index contributed by atoms with van der Waals surface area (Å²) in [5.41, 5.74) is 0. The molecule has 0 atom stereocenters. The lowest BCUT2D eigenvalue weighted by atomic mass is 9.85. The number of hydrogen-bond acceptors (Lipinski definition) is 3. The van der Waals surface area contributed by atoms with E-state index in [2.05, 4.69) is 5.32 Å². The first-order chi connectivity index (χ1) is 7.54. The van der Waals surface area contributed by atoms with Crippen LogP contribution in [-0.2, 0) is 9.63 Å². The Morgan fingerprint density at radius 3 is 2.31 bits per heavy atom. The van der Waals surface area contributed by atoms with Crippen molar-refractivity contribution in [3.05, 3.63) is 0 Å². The zero-order valence-corrected chi connectivity index (χ0v) is 9.60. The van der Waals surface area contributed by atoms with Crippen LogP contribution in [0.3, 0.4) is 0 Å². The van der Waals surface area contributed by atoms with Gasteiger partial charge in [-0.1, -0.05) is 0 Å². The van der Waals surface area contributed by atoms with E-state index in [9.17, 15) is 9.59 Å². The average molecular weight is 230 g/mol. The Morgan fingerprint density at radius 1 is 1.31 bits per heavy atom. The van der Waals surface area contributed by atoms with Gasteiger partial charge in [0, 0.05) is 19.0 Å². The first-order valence-electron chi connectivity index (χ1n) is 5.35. The molecule has 0 saturated heterocycles. The van der Waals surface area contributed by atoms with Crippen LogP contribution in [0.5, 0.6) is 0 Å². The van der Waals surface area contributed by atoms with E-state index in [0.29, 0.717) is 25.7 Å². The van der Waals surface area contributed by atoms with Crippen molar-refractivity contribution in [2.45, 2.75) is 31.7 Å². The predicted molar refractivity (Wildman–Crippen MR) is 56.7 cm³/mol. The van der Waals surface area contributed by atoms with Gasteiger partial charge in [-0.25, -0.2) is 9.86 Å². The van der Waals surface area contributed by atoms with E-state index in [1.165, 1.54) is 12.2 Å². The molecule has 1 saturated carbocycles. The molecule has 1 fully saturated rings. The summed E-state index contributed by atoms with van der Waals surface area (Å²) in [6, 6.07) is -0.0191. The summed E-state index contributed by atoms with van der Waals surface area (Å²) < 4.78 is 0. The van der Waals surface area contributed by atoms with Gasteiger partial charge in [-0.2, -0.15) is 0 Å². The Morgan fingerprint density at radius 2 is 1.88 bits per heavy atom. The lowest BCUT2D eigenvalue weighted by molar-refractivity contribution is -0.174. The number of nitrogens with zero attached hydrogens (tertiary/aromatic N) is 1. The zero-order chi connectivity index (χ0) is 12.1. The molecular formula is C10H18N2O4. The van der Waals surface area contributed by atoms with Gasteiger partial charge in [0.15, 0.2) is 0 Å². The van der Waals surface area contributed by atoms with Crippen LogP contribution < -0.4 is 5.32 Å². The lowest BCUT2D eigenvalue weighted by Crippen LogP contribution is -2.40. The third-order valence-electron chi connectivity index (χ3n) is 2.99. The fourth-order valence-corrected chi connectivity index (χ4v) is 2.01. The third-order valence-corrected chi connectivity index (χ3v) is 2.99. The minimum absolute atomic E-state index is 0.0191. The largest absolute Gasteiger partial charge is 0.465 e. The van der Waals surface area contributed by atoms with Crippen molar-refractivity contribution in [1.29, 1.82) is 0 Å². The SMILES string of the molecule is CON(C)C(=O)[C@H]1CC[C@@H](NC(=O)O)CC1. The Hall–Kier alpha value is -1.30. The minimum Gasteiger partial charge on any atom is -0.465 e. The number of amides is 2. The normalized spacial score (nSPS) is 24.9. The fraction of sp³-hybridized carbons (Fsp3) is 0.800. The molecule has 2 N–H and O–H groups in total. The lowest BCUT2D eigenvalue weighted by Gasteiger charge is -2.29. The molecule has 0 radical (unpaired) electrons. The highest BCUT2D eigenvalue weighted by atomic mass is 16.7. The van der Waals surface area contributed by atoms with Crippen LogP contribution in [0, 0.1) is 5.92 Å². The molecule has 0 heterocycles. The monoisotopic (exact) mass is 230 g/mol. The predicted octanol–water partition coefficient (Wildman–Crippen LogP) is 0.833. The summed E-state index contributed by atoms with van der Waals surface area (Å²) in [6.45, 7) is 0. The molecule has 0 spiro atoms. The molecule has 2 amide bonds. The number of carboxylic acid groups (broad SMARTS) is 1. The van der Waals surface area contributed by atoms with Crippen molar-refractivity contribution < 1.29 is 19.5 Å². The first kappa shape index (κ1) is 12.8. The molecule has 1 aliphatic carbocycles. The third kappa shape index (κ3) is 3.37. The minimum atomic E-state index is -0.996. The van der Waals surface area contributed by atoms with E-state index in [4.69, 9.17) is 9.94 Å². The summed E-state index contributed by atoms with van der Waals surface area (Å²) in [5.74, 6) is -0.0759. The maximum absolute atomic E-state index is 11.7. The first-order valence-corrected chi connectivity index (χ1v) is 5.35. The second-order valence-corrected chi connectivity index (χ2v) is 4.02. The second-order valence-electron chi connectivity index (χ2n) is 4.02. The summed E-state index contributed by atoms with van der Waals surface area (Å²) in [5, 5.41) is 12.2. The Labute approximate surface area is 94.5 Å². The Balaban J connectivity index is 2.37. The van der Waals surface area contributed by atoms with Crippen molar-refractivity contribution in [3.63, 3.8) is 0 Å². The standard InChI is InChI=1S/C10H18N2O4/c1-12(16-2)9(13)7-3-5-8(6-4-7)11-10(14)15/h7-8,11H,3-6H2,1-2H3,(H,14,15)/t7-,8+. The fourth-order valence-electron chi connectivity index (χ4n) is 2.01. The van der Waals surface area contributed by atoms with Gasteiger partial charge >= 0.3 is 6.09 Å². The number of carbonyl (C=O) groups is 2. The van der Waals surface area contributed by atoms with Gasteiger partial charge in [0.1, 0.15) is 0 Å². The van der Waals surface area contributed by atoms with Crippen LogP contribution in [0.1, 0.15) is 25.7 Å². The number of carbonyl (C=O) groups excluding carboxylic acids is 1. The van der Waals surface area contributed by atoms with Crippen LogP contribution in [-0.4, -0.2) is 42.4 Å². The molecule has 0 unspecified atom stereocenters. The quantitative estimate of drug-likeness (QED) is 0.704. The average Bonchev–Trinajstić information content (AvgIpc) is 2.27. The van der Waals surface area contributed by atoms with E-state index in [0.717, 1.165) is 0 Å². The van der Waals surface area contributed by atoms with Crippen LogP contribution in [0.25, 0.3) is 0 Å². The smallest absolute Gasteiger partial charge is 0.404 e. The van der Waals surface area contributed by atoms with Crippen molar-refractivity contribution in [1.82, 2.24) is 10.4 Å². The van der Waals surface area contributed by atoms with Gasteiger partial charge in [-0.05, 0) is 25.7 Å². The highest BCUT2D eigenvalue weighted by Crippen LogP contribution is 2.25. The molecule has 6 nitrogen and oxygen atoms in total.